The number of benzene rings is 1. The van der Waals surface area contributed by atoms with Crippen LogP contribution in [-0.2, 0) is 4.79 Å². The number of fused-ring (bicyclic) bond motifs is 1. The predicted molar refractivity (Wildman–Crippen MR) is 140 cm³/mol. The third-order valence-electron chi connectivity index (χ3n) is 6.84. The van der Waals surface area contributed by atoms with E-state index in [1.807, 2.05) is 4.90 Å². The van der Waals surface area contributed by atoms with Gasteiger partial charge in [-0.05, 0) is 37.1 Å². The zero-order valence-electron chi connectivity index (χ0n) is 20.4. The number of aliphatic hydroxyl groups is 2. The molecule has 1 saturated carbocycles. The second-order valence-corrected chi connectivity index (χ2v) is 9.74. The fourth-order valence-electron chi connectivity index (χ4n) is 4.78. The van der Waals surface area contributed by atoms with Gasteiger partial charge >= 0.3 is 5.97 Å². The molecule has 0 spiro atoms. The van der Waals surface area contributed by atoms with Gasteiger partial charge in [-0.2, -0.15) is 0 Å². The van der Waals surface area contributed by atoms with Crippen LogP contribution in [0.4, 0.5) is 0 Å². The van der Waals surface area contributed by atoms with E-state index < -0.39 is 36.2 Å². The van der Waals surface area contributed by atoms with Gasteiger partial charge < -0.3 is 31.4 Å². The van der Waals surface area contributed by atoms with Crippen LogP contribution in [0.3, 0.4) is 0 Å². The number of aliphatic hydroxyl groups excluding tert-OH is 2. The van der Waals surface area contributed by atoms with Crippen LogP contribution < -0.4 is 11.5 Å². The van der Waals surface area contributed by atoms with Gasteiger partial charge in [0.2, 0.25) is 5.91 Å². The highest BCUT2D eigenvalue weighted by molar-refractivity contribution is 6.33. The van der Waals surface area contributed by atoms with E-state index in [9.17, 15) is 24.9 Å². The Balaban J connectivity index is 1.50. The molecule has 38 heavy (non-hydrogen) atoms. The van der Waals surface area contributed by atoms with E-state index in [1.54, 1.807) is 41.1 Å². The largest absolute Gasteiger partial charge is 0.480 e. The summed E-state index contributed by atoms with van der Waals surface area (Å²) in [6.45, 7) is 0.932. The van der Waals surface area contributed by atoms with E-state index in [-0.39, 0.29) is 18.9 Å². The summed E-state index contributed by atoms with van der Waals surface area (Å²) in [4.78, 5) is 32.9. The lowest BCUT2D eigenvalue weighted by Gasteiger charge is -2.26. The van der Waals surface area contributed by atoms with Crippen LogP contribution >= 0.6 is 11.6 Å². The van der Waals surface area contributed by atoms with E-state index in [0.29, 0.717) is 46.8 Å². The van der Waals surface area contributed by atoms with Crippen molar-refractivity contribution in [3.63, 3.8) is 0 Å². The molecule has 1 fully saturated rings. The summed E-state index contributed by atoms with van der Waals surface area (Å²) in [7, 11) is 0. The molecule has 5 atom stereocenters. The van der Waals surface area contributed by atoms with E-state index in [2.05, 4.69) is 21.8 Å². The third-order valence-corrected chi connectivity index (χ3v) is 7.14. The van der Waals surface area contributed by atoms with Crippen molar-refractivity contribution in [3.05, 3.63) is 59.1 Å². The molecule has 0 saturated heterocycles. The Morgan fingerprint density at radius 2 is 2.03 bits per heavy atom. The molecule has 2 aromatic heterocycles. The average Bonchev–Trinajstić information content (AvgIpc) is 3.44. The number of hydrogen-bond donors (Lipinski definition) is 5. The van der Waals surface area contributed by atoms with Gasteiger partial charge in [0, 0.05) is 36.3 Å². The maximum absolute atomic E-state index is 11.4. The number of amides is 1. The molecule has 1 aliphatic rings. The Bertz CT molecular complexity index is 1390. The summed E-state index contributed by atoms with van der Waals surface area (Å²) >= 11 is 6.17. The van der Waals surface area contributed by atoms with Crippen LogP contribution in [0, 0.1) is 17.8 Å². The van der Waals surface area contributed by atoms with Crippen molar-refractivity contribution in [1.82, 2.24) is 19.4 Å². The molecule has 3 aromatic rings. The Morgan fingerprint density at radius 3 is 2.76 bits per heavy atom. The zero-order chi connectivity index (χ0) is 27.4. The minimum Gasteiger partial charge on any atom is -0.480 e. The molecular weight excluding hydrogens is 512 g/mol. The summed E-state index contributed by atoms with van der Waals surface area (Å²) in [6.07, 6.45) is 1.68. The van der Waals surface area contributed by atoms with E-state index in [0.717, 1.165) is 0 Å². The lowest BCUT2D eigenvalue weighted by molar-refractivity contribution is -0.138. The van der Waals surface area contributed by atoms with Crippen molar-refractivity contribution in [2.24, 2.45) is 17.4 Å². The third kappa shape index (κ3) is 6.12. The van der Waals surface area contributed by atoms with Crippen molar-refractivity contribution in [1.29, 1.82) is 0 Å². The number of primary amides is 1. The minimum absolute atomic E-state index is 0.181. The maximum Gasteiger partial charge on any atom is 0.320 e. The fraction of sp³-hybridized carbons (Fsp3) is 0.385. The van der Waals surface area contributed by atoms with Crippen LogP contribution in [0.15, 0.2) is 42.9 Å². The summed E-state index contributed by atoms with van der Waals surface area (Å²) in [5.74, 6) is 4.06. The number of carboxylic acids is 1. The predicted octanol–water partition coefficient (Wildman–Crippen LogP) is 0.622. The molecular formula is C26H29ClN6O5. The minimum atomic E-state index is -1.10. The first-order chi connectivity index (χ1) is 18.2. The SMILES string of the molecule is NC(=O)c1cccc(C#CCN(CC[C@H](N)C(=O)O)C[C@H]2C[C@@H](n3ccc4c(Cl)ncnc43)[C@H](O)[C@@H]2O)c1. The van der Waals surface area contributed by atoms with Crippen LogP contribution in [-0.4, -0.2) is 84.5 Å². The van der Waals surface area contributed by atoms with Crippen molar-refractivity contribution in [2.45, 2.75) is 37.1 Å². The Kier molecular flexibility index (Phi) is 8.61. The topological polar surface area (TPSA) is 181 Å². The number of nitrogens with zero attached hydrogens (tertiary/aromatic N) is 4. The Labute approximate surface area is 224 Å². The lowest BCUT2D eigenvalue weighted by atomic mass is 10.0. The number of nitrogens with two attached hydrogens (primary N) is 2. The van der Waals surface area contributed by atoms with Gasteiger partial charge in [0.1, 0.15) is 29.3 Å². The van der Waals surface area contributed by atoms with Crippen molar-refractivity contribution in [3.8, 4) is 11.8 Å². The molecule has 12 heteroatoms. The molecule has 0 bridgehead atoms. The molecule has 11 nitrogen and oxygen atoms in total. The maximum atomic E-state index is 11.4. The van der Waals surface area contributed by atoms with Crippen molar-refractivity contribution < 1.29 is 24.9 Å². The van der Waals surface area contributed by atoms with Gasteiger partial charge in [-0.1, -0.05) is 29.5 Å². The highest BCUT2D eigenvalue weighted by Gasteiger charge is 2.43. The summed E-state index contributed by atoms with van der Waals surface area (Å²) < 4.78 is 1.80. The number of aliphatic carboxylic acids is 1. The molecule has 4 rings (SSSR count). The number of carboxylic acid groups (broad SMARTS) is 1. The summed E-state index contributed by atoms with van der Waals surface area (Å²) in [6, 6.07) is 6.93. The smallest absolute Gasteiger partial charge is 0.320 e. The van der Waals surface area contributed by atoms with Crippen LogP contribution in [0.2, 0.25) is 5.15 Å². The first-order valence-corrected chi connectivity index (χ1v) is 12.5. The zero-order valence-corrected chi connectivity index (χ0v) is 21.2. The molecule has 7 N–H and O–H groups in total. The molecule has 1 amide bonds. The second kappa shape index (κ2) is 11.9. The van der Waals surface area contributed by atoms with Gasteiger partial charge in [0.15, 0.2) is 0 Å². The van der Waals surface area contributed by atoms with Gasteiger partial charge in [0.05, 0.1) is 24.1 Å². The van der Waals surface area contributed by atoms with Crippen LogP contribution in [0.25, 0.3) is 11.0 Å². The molecule has 1 aliphatic carbocycles. The number of carbonyl (C=O) groups is 2. The molecule has 1 aromatic carbocycles. The second-order valence-electron chi connectivity index (χ2n) is 9.38. The first kappa shape index (κ1) is 27.5. The number of hydrogen-bond acceptors (Lipinski definition) is 8. The number of carbonyl (C=O) groups excluding carboxylic acids is 1. The highest BCUT2D eigenvalue weighted by Crippen LogP contribution is 2.38. The van der Waals surface area contributed by atoms with Crippen LogP contribution in [0.5, 0.6) is 0 Å². The lowest BCUT2D eigenvalue weighted by Crippen LogP contribution is -2.40. The van der Waals surface area contributed by atoms with Gasteiger partial charge in [-0.25, -0.2) is 9.97 Å². The van der Waals surface area contributed by atoms with E-state index in [4.69, 9.17) is 23.1 Å². The standard InChI is InChI=1S/C26H29ClN6O5/c27-23-18-6-10-33(25(18)31-14-30-23)20-12-17(21(34)22(20)35)13-32(9-7-19(28)26(37)38)8-2-4-15-3-1-5-16(11-15)24(29)36/h1,3,5-6,10-11,14,17,19-22,34-35H,7-9,12-13,28H2,(H2,29,36)(H,37,38)/t17-,19+,20-,21-,22+/m1/s1. The molecule has 200 valence electrons. The van der Waals surface area contributed by atoms with E-state index in [1.165, 1.54) is 6.33 Å². The van der Waals surface area contributed by atoms with Gasteiger partial charge in [-0.3, -0.25) is 14.5 Å². The molecule has 0 aliphatic heterocycles. The number of aromatic nitrogens is 3. The van der Waals surface area contributed by atoms with Gasteiger partial charge in [-0.15, -0.1) is 0 Å². The van der Waals surface area contributed by atoms with Crippen molar-refractivity contribution >= 4 is 34.5 Å². The summed E-state index contributed by atoms with van der Waals surface area (Å²) in [5.41, 5.74) is 12.6. The first-order valence-electron chi connectivity index (χ1n) is 12.1. The van der Waals surface area contributed by atoms with Crippen LogP contribution in [0.1, 0.15) is 34.8 Å². The quantitative estimate of drug-likeness (QED) is 0.192. The monoisotopic (exact) mass is 540 g/mol. The average molecular weight is 541 g/mol. The Hall–Kier alpha value is -3.53. The Morgan fingerprint density at radius 1 is 1.24 bits per heavy atom. The highest BCUT2D eigenvalue weighted by atomic mass is 35.5. The fourth-order valence-corrected chi connectivity index (χ4v) is 4.97. The van der Waals surface area contributed by atoms with E-state index >= 15 is 0 Å². The van der Waals surface area contributed by atoms with Crippen molar-refractivity contribution in [2.75, 3.05) is 19.6 Å². The summed E-state index contributed by atoms with van der Waals surface area (Å²) in [5, 5.41) is 32.0. The normalized spacial score (nSPS) is 21.8. The molecule has 0 radical (unpaired) electrons. The molecule has 2 heterocycles. The number of halogens is 1. The van der Waals surface area contributed by atoms with Gasteiger partial charge in [0.25, 0.3) is 0 Å². The molecule has 0 unspecified atom stereocenters. The number of rotatable bonds is 9.